The Morgan fingerprint density at radius 3 is 2.26 bits per heavy atom. The van der Waals surface area contributed by atoms with E-state index in [9.17, 15) is 14.4 Å². The molecule has 6 heteroatoms. The summed E-state index contributed by atoms with van der Waals surface area (Å²) in [5.41, 5.74) is 4.37. The number of carbonyl (C=O) groups excluding carboxylic acids is 1. The first-order chi connectivity index (χ1) is 14.9. The van der Waals surface area contributed by atoms with Gasteiger partial charge in [0.15, 0.2) is 5.78 Å². The number of Topliss-reactive ketones (excluding diaryl/α,β-unsaturated/α-hetero) is 1. The van der Waals surface area contributed by atoms with Crippen molar-refractivity contribution >= 4 is 17.3 Å². The van der Waals surface area contributed by atoms with Gasteiger partial charge in [0.2, 0.25) is 0 Å². The molecule has 5 rings (SSSR count). The van der Waals surface area contributed by atoms with Crippen LogP contribution in [0.3, 0.4) is 0 Å². The first-order valence-corrected chi connectivity index (χ1v) is 10.5. The predicted molar refractivity (Wildman–Crippen MR) is 121 cm³/mol. The fraction of sp³-hybridized carbons (Fsp3) is 0.240. The van der Waals surface area contributed by atoms with Gasteiger partial charge in [0.25, 0.3) is 5.56 Å². The number of nitrogens with one attached hydrogen (secondary N) is 1. The number of hydrogen-bond acceptors (Lipinski definition) is 4. The maximum atomic E-state index is 13.5. The number of allylic oxidation sites excluding steroid dienone is 1. The summed E-state index contributed by atoms with van der Waals surface area (Å²) in [7, 11) is 3.12. The molecule has 0 saturated carbocycles. The van der Waals surface area contributed by atoms with Crippen LogP contribution in [0.4, 0.5) is 5.82 Å². The number of aryl methyl sites for hydroxylation is 1. The highest BCUT2D eigenvalue weighted by Gasteiger charge is 2.42. The van der Waals surface area contributed by atoms with E-state index >= 15 is 0 Å². The molecule has 0 bridgehead atoms. The maximum Gasteiger partial charge on any atom is 0.332 e. The van der Waals surface area contributed by atoms with Gasteiger partial charge in [-0.1, -0.05) is 61.9 Å². The number of benzene rings is 2. The van der Waals surface area contributed by atoms with E-state index in [1.165, 1.54) is 17.2 Å². The summed E-state index contributed by atoms with van der Waals surface area (Å²) in [5.74, 6) is -0.186. The Morgan fingerprint density at radius 1 is 0.903 bits per heavy atom. The molecule has 2 aromatic carbocycles. The molecule has 0 fully saturated rings. The van der Waals surface area contributed by atoms with Gasteiger partial charge in [-0.25, -0.2) is 4.79 Å². The number of hydrogen-bond donors (Lipinski definition) is 1. The molecule has 0 spiro atoms. The summed E-state index contributed by atoms with van der Waals surface area (Å²) < 4.78 is 2.56. The molecule has 2 aliphatic rings. The molecular formula is C25H23N3O3. The van der Waals surface area contributed by atoms with Crippen molar-refractivity contribution in [3.05, 3.63) is 103 Å². The Hall–Kier alpha value is -3.67. The summed E-state index contributed by atoms with van der Waals surface area (Å²) in [6.45, 7) is 2.13. The average molecular weight is 413 g/mol. The minimum Gasteiger partial charge on any atom is -0.340 e. The Labute approximate surface area is 179 Å². The molecule has 1 aliphatic heterocycles. The molecule has 3 aromatic rings. The van der Waals surface area contributed by atoms with Crippen LogP contribution in [0, 0.1) is 0 Å². The van der Waals surface area contributed by atoms with Gasteiger partial charge in [0.1, 0.15) is 5.82 Å². The molecule has 1 unspecified atom stereocenters. The molecule has 2 heterocycles. The van der Waals surface area contributed by atoms with Gasteiger partial charge in [0.05, 0.1) is 11.3 Å². The van der Waals surface area contributed by atoms with Crippen LogP contribution in [0.25, 0.3) is 5.70 Å². The van der Waals surface area contributed by atoms with Crippen LogP contribution in [0.5, 0.6) is 0 Å². The minimum absolute atomic E-state index is 0.0812. The van der Waals surface area contributed by atoms with E-state index in [1.807, 2.05) is 30.3 Å². The second kappa shape index (κ2) is 6.94. The summed E-state index contributed by atoms with van der Waals surface area (Å²) in [5, 5.41) is 3.26. The number of carbonyl (C=O) groups is 1. The molecule has 31 heavy (non-hydrogen) atoms. The van der Waals surface area contributed by atoms with Crippen LogP contribution in [0.15, 0.2) is 63.7 Å². The predicted octanol–water partition coefficient (Wildman–Crippen LogP) is 3.20. The number of rotatable bonds is 3. The molecule has 0 radical (unpaired) electrons. The van der Waals surface area contributed by atoms with E-state index in [1.54, 1.807) is 13.1 Å². The van der Waals surface area contributed by atoms with Gasteiger partial charge >= 0.3 is 5.69 Å². The molecule has 0 saturated heterocycles. The lowest BCUT2D eigenvalue weighted by molar-refractivity contribution is 0.103. The number of ketones is 1. The SMILES string of the molecule is CCCc1ccc(C2C3=C(Nc4c2c(=O)n(C)c(=O)n4C)c2ccccc2C3=O)cc1. The van der Waals surface area contributed by atoms with Gasteiger partial charge < -0.3 is 5.32 Å². The van der Waals surface area contributed by atoms with Crippen molar-refractivity contribution in [3.63, 3.8) is 0 Å². The molecular weight excluding hydrogens is 390 g/mol. The van der Waals surface area contributed by atoms with Gasteiger partial charge in [-0.3, -0.25) is 18.7 Å². The van der Waals surface area contributed by atoms with Crippen LogP contribution in [-0.2, 0) is 20.5 Å². The molecule has 1 aromatic heterocycles. The van der Waals surface area contributed by atoms with E-state index in [-0.39, 0.29) is 11.3 Å². The topological polar surface area (TPSA) is 73.1 Å². The third-order valence-electron chi connectivity index (χ3n) is 6.33. The largest absolute Gasteiger partial charge is 0.340 e. The van der Waals surface area contributed by atoms with Crippen molar-refractivity contribution in [3.8, 4) is 0 Å². The van der Waals surface area contributed by atoms with Crippen molar-refractivity contribution < 1.29 is 4.79 Å². The number of aromatic nitrogens is 2. The highest BCUT2D eigenvalue weighted by molar-refractivity contribution is 6.23. The fourth-order valence-corrected chi connectivity index (χ4v) is 4.76. The molecule has 1 atom stereocenters. The van der Waals surface area contributed by atoms with E-state index in [0.717, 1.165) is 28.5 Å². The molecule has 0 amide bonds. The third kappa shape index (κ3) is 2.68. The van der Waals surface area contributed by atoms with Gasteiger partial charge in [-0.15, -0.1) is 0 Å². The third-order valence-corrected chi connectivity index (χ3v) is 6.33. The number of nitrogens with zero attached hydrogens (tertiary/aromatic N) is 2. The van der Waals surface area contributed by atoms with Crippen molar-refractivity contribution in [1.82, 2.24) is 9.13 Å². The van der Waals surface area contributed by atoms with Crippen molar-refractivity contribution in [2.24, 2.45) is 14.1 Å². The molecule has 1 aliphatic carbocycles. The van der Waals surface area contributed by atoms with Crippen LogP contribution in [-0.4, -0.2) is 14.9 Å². The lowest BCUT2D eigenvalue weighted by atomic mass is 9.81. The van der Waals surface area contributed by atoms with Crippen LogP contribution < -0.4 is 16.6 Å². The zero-order valence-electron chi connectivity index (χ0n) is 17.7. The van der Waals surface area contributed by atoms with E-state index < -0.39 is 11.6 Å². The highest BCUT2D eigenvalue weighted by atomic mass is 16.2. The molecule has 6 nitrogen and oxygen atoms in total. The normalized spacial score (nSPS) is 16.6. The second-order valence-corrected chi connectivity index (χ2v) is 8.18. The van der Waals surface area contributed by atoms with Crippen LogP contribution in [0.2, 0.25) is 0 Å². The Kier molecular flexibility index (Phi) is 4.32. The summed E-state index contributed by atoms with van der Waals surface area (Å²) in [6, 6.07) is 15.5. The standard InChI is InChI=1S/C25H23N3O3/c1-4-7-14-10-12-15(13-11-14)18-19-21(16-8-5-6-9-17(16)22(19)29)26-23-20(18)24(30)28(3)25(31)27(23)2/h5-6,8-13,18,26H,4,7H2,1-3H3. The Bertz CT molecular complexity index is 1390. The van der Waals surface area contributed by atoms with Gasteiger partial charge in [-0.2, -0.15) is 0 Å². The summed E-state index contributed by atoms with van der Waals surface area (Å²) >= 11 is 0. The Morgan fingerprint density at radius 2 is 1.58 bits per heavy atom. The van der Waals surface area contributed by atoms with Crippen molar-refractivity contribution in [2.75, 3.05) is 5.32 Å². The lowest BCUT2D eigenvalue weighted by Crippen LogP contribution is -2.42. The first-order valence-electron chi connectivity index (χ1n) is 10.5. The zero-order valence-corrected chi connectivity index (χ0v) is 17.7. The lowest BCUT2D eigenvalue weighted by Gasteiger charge is -2.29. The van der Waals surface area contributed by atoms with Crippen LogP contribution >= 0.6 is 0 Å². The zero-order chi connectivity index (χ0) is 21.9. The Balaban J connectivity index is 1.82. The van der Waals surface area contributed by atoms with Gasteiger partial charge in [0, 0.05) is 36.7 Å². The molecule has 1 N–H and O–H groups in total. The van der Waals surface area contributed by atoms with E-state index in [0.29, 0.717) is 28.2 Å². The molecule has 156 valence electrons. The van der Waals surface area contributed by atoms with Crippen molar-refractivity contribution in [2.45, 2.75) is 25.7 Å². The number of fused-ring (bicyclic) bond motifs is 3. The maximum absolute atomic E-state index is 13.5. The van der Waals surface area contributed by atoms with Crippen molar-refractivity contribution in [1.29, 1.82) is 0 Å². The first kappa shape index (κ1) is 19.3. The monoisotopic (exact) mass is 413 g/mol. The van der Waals surface area contributed by atoms with E-state index in [2.05, 4.69) is 24.4 Å². The van der Waals surface area contributed by atoms with E-state index in [4.69, 9.17) is 0 Å². The average Bonchev–Trinajstić information content (AvgIpc) is 3.08. The highest BCUT2D eigenvalue weighted by Crippen LogP contribution is 2.47. The smallest absolute Gasteiger partial charge is 0.332 e. The quantitative estimate of drug-likeness (QED) is 0.716. The minimum atomic E-state index is -0.549. The summed E-state index contributed by atoms with van der Waals surface area (Å²) in [4.78, 5) is 39.4. The second-order valence-electron chi connectivity index (χ2n) is 8.18. The fourth-order valence-electron chi connectivity index (χ4n) is 4.76. The summed E-state index contributed by atoms with van der Waals surface area (Å²) in [6.07, 6.45) is 2.01. The number of anilines is 1. The van der Waals surface area contributed by atoms with Crippen LogP contribution in [0.1, 0.15) is 51.9 Å². The van der Waals surface area contributed by atoms with Gasteiger partial charge in [-0.05, 0) is 17.5 Å².